The van der Waals surface area contributed by atoms with E-state index in [0.29, 0.717) is 45.3 Å². The Kier molecular flexibility index (Phi) is 7.29. The number of hydrogen-bond acceptors (Lipinski definition) is 4. The fraction of sp³-hybridized carbons (Fsp3) is 0.615. The molecule has 0 radical (unpaired) electrons. The molecule has 0 aliphatic carbocycles. The van der Waals surface area contributed by atoms with Crippen molar-refractivity contribution in [2.24, 2.45) is 0 Å². The van der Waals surface area contributed by atoms with Crippen LogP contribution in [0.2, 0.25) is 0 Å². The number of nitrogens with zero attached hydrogens (tertiary/aromatic N) is 2. The first-order valence-electron chi connectivity index (χ1n) is 6.31. The number of ether oxygens (including phenoxy) is 2. The summed E-state index contributed by atoms with van der Waals surface area (Å²) in [7, 11) is 0. The largest absolute Gasteiger partial charge is 0.380 e. The minimum absolute atomic E-state index is 0.467. The van der Waals surface area contributed by atoms with Crippen LogP contribution in [-0.4, -0.2) is 44.5 Å². The van der Waals surface area contributed by atoms with Crippen LogP contribution in [0.1, 0.15) is 13.8 Å². The molecule has 102 valence electrons. The number of halogens is 1. The van der Waals surface area contributed by atoms with E-state index in [1.165, 1.54) is 6.07 Å². The fourth-order valence-corrected chi connectivity index (χ4v) is 1.55. The molecule has 5 heteroatoms. The van der Waals surface area contributed by atoms with Crippen molar-refractivity contribution in [3.8, 4) is 0 Å². The van der Waals surface area contributed by atoms with E-state index in [9.17, 15) is 4.39 Å². The second-order valence-corrected chi connectivity index (χ2v) is 3.70. The summed E-state index contributed by atoms with van der Waals surface area (Å²) in [5, 5.41) is 0. The summed E-state index contributed by atoms with van der Waals surface area (Å²) in [5.74, 6) is 0.153. The third kappa shape index (κ3) is 5.42. The second-order valence-electron chi connectivity index (χ2n) is 3.70. The van der Waals surface area contributed by atoms with Crippen molar-refractivity contribution in [3.05, 3.63) is 24.1 Å². The summed E-state index contributed by atoms with van der Waals surface area (Å²) in [6.07, 6.45) is 0. The van der Waals surface area contributed by atoms with Crippen molar-refractivity contribution in [3.63, 3.8) is 0 Å². The van der Waals surface area contributed by atoms with Gasteiger partial charge in [-0.15, -0.1) is 0 Å². The number of hydrogen-bond donors (Lipinski definition) is 0. The van der Waals surface area contributed by atoms with E-state index in [4.69, 9.17) is 9.47 Å². The van der Waals surface area contributed by atoms with E-state index in [-0.39, 0.29) is 0 Å². The molecular weight excluding hydrogens is 235 g/mol. The summed E-state index contributed by atoms with van der Waals surface area (Å²) in [4.78, 5) is 5.85. The van der Waals surface area contributed by atoms with Crippen molar-refractivity contribution in [2.45, 2.75) is 13.8 Å². The molecule has 0 saturated heterocycles. The lowest BCUT2D eigenvalue weighted by molar-refractivity contribution is 0.141. The summed E-state index contributed by atoms with van der Waals surface area (Å²) < 4.78 is 23.7. The molecule has 1 rings (SSSR count). The van der Waals surface area contributed by atoms with Crippen LogP contribution in [0.25, 0.3) is 0 Å². The lowest BCUT2D eigenvalue weighted by atomic mass is 10.4. The van der Waals surface area contributed by atoms with Gasteiger partial charge in [-0.3, -0.25) is 0 Å². The molecule has 1 heterocycles. The van der Waals surface area contributed by atoms with Gasteiger partial charge in [-0.1, -0.05) is 6.07 Å². The third-order valence-corrected chi connectivity index (χ3v) is 2.44. The molecule has 0 aromatic carbocycles. The standard InChI is InChI=1S/C13H21FN2O2/c1-3-17-10-8-16(9-11-18-4-2)13-7-5-6-12(14)15-13/h5-7H,3-4,8-11H2,1-2H3. The Morgan fingerprint density at radius 2 is 1.72 bits per heavy atom. The molecule has 0 spiro atoms. The number of anilines is 1. The molecular formula is C13H21FN2O2. The smallest absolute Gasteiger partial charge is 0.214 e. The highest BCUT2D eigenvalue weighted by Gasteiger charge is 2.08. The quantitative estimate of drug-likeness (QED) is 0.500. The molecule has 4 nitrogen and oxygen atoms in total. The predicted molar refractivity (Wildman–Crippen MR) is 69.4 cm³/mol. The highest BCUT2D eigenvalue weighted by Crippen LogP contribution is 2.10. The normalized spacial score (nSPS) is 10.6. The summed E-state index contributed by atoms with van der Waals surface area (Å²) in [5.41, 5.74) is 0. The zero-order valence-corrected chi connectivity index (χ0v) is 11.1. The average Bonchev–Trinajstić information content (AvgIpc) is 2.37. The molecule has 0 aliphatic rings. The van der Waals surface area contributed by atoms with E-state index in [1.807, 2.05) is 18.7 Å². The summed E-state index contributed by atoms with van der Waals surface area (Å²) in [6, 6.07) is 4.79. The van der Waals surface area contributed by atoms with Gasteiger partial charge in [0.2, 0.25) is 5.95 Å². The first-order chi connectivity index (χ1) is 8.77. The maximum absolute atomic E-state index is 13.1. The van der Waals surface area contributed by atoms with Crippen LogP contribution in [-0.2, 0) is 9.47 Å². The summed E-state index contributed by atoms with van der Waals surface area (Å²) >= 11 is 0. The van der Waals surface area contributed by atoms with E-state index in [1.54, 1.807) is 12.1 Å². The van der Waals surface area contributed by atoms with Gasteiger partial charge in [0.1, 0.15) is 5.82 Å². The molecule has 0 N–H and O–H groups in total. The molecule has 0 unspecified atom stereocenters. The lowest BCUT2D eigenvalue weighted by Crippen LogP contribution is -2.32. The Morgan fingerprint density at radius 1 is 1.11 bits per heavy atom. The zero-order valence-electron chi connectivity index (χ0n) is 11.1. The van der Waals surface area contributed by atoms with Gasteiger partial charge in [-0.2, -0.15) is 4.39 Å². The van der Waals surface area contributed by atoms with Crippen molar-refractivity contribution in [1.29, 1.82) is 0 Å². The number of aromatic nitrogens is 1. The first-order valence-corrected chi connectivity index (χ1v) is 6.31. The van der Waals surface area contributed by atoms with Crippen LogP contribution in [0.15, 0.2) is 18.2 Å². The monoisotopic (exact) mass is 256 g/mol. The van der Waals surface area contributed by atoms with Gasteiger partial charge in [0.15, 0.2) is 0 Å². The topological polar surface area (TPSA) is 34.6 Å². The molecule has 1 aromatic rings. The first kappa shape index (κ1) is 14.9. The Bertz CT molecular complexity index is 327. The number of pyridine rings is 1. The van der Waals surface area contributed by atoms with E-state index in [0.717, 1.165) is 0 Å². The van der Waals surface area contributed by atoms with E-state index < -0.39 is 5.95 Å². The second kappa shape index (κ2) is 8.83. The zero-order chi connectivity index (χ0) is 13.2. The maximum atomic E-state index is 13.1. The van der Waals surface area contributed by atoms with Crippen LogP contribution in [0, 0.1) is 5.95 Å². The Hall–Kier alpha value is -1.20. The van der Waals surface area contributed by atoms with Gasteiger partial charge >= 0.3 is 0 Å². The Balaban J connectivity index is 2.57. The SMILES string of the molecule is CCOCCN(CCOCC)c1cccc(F)n1. The van der Waals surface area contributed by atoms with Gasteiger partial charge in [0.05, 0.1) is 13.2 Å². The molecule has 0 saturated carbocycles. The van der Waals surface area contributed by atoms with Gasteiger partial charge in [-0.05, 0) is 26.0 Å². The Morgan fingerprint density at radius 3 is 2.22 bits per heavy atom. The minimum atomic E-state index is -0.467. The minimum Gasteiger partial charge on any atom is -0.380 e. The predicted octanol–water partition coefficient (Wildman–Crippen LogP) is 2.10. The van der Waals surface area contributed by atoms with Crippen LogP contribution >= 0.6 is 0 Å². The van der Waals surface area contributed by atoms with Gasteiger partial charge in [0.25, 0.3) is 0 Å². The molecule has 0 amide bonds. The van der Waals surface area contributed by atoms with Crippen molar-refractivity contribution in [1.82, 2.24) is 4.98 Å². The average molecular weight is 256 g/mol. The highest BCUT2D eigenvalue weighted by molar-refractivity contribution is 5.37. The Labute approximate surface area is 108 Å². The van der Waals surface area contributed by atoms with E-state index >= 15 is 0 Å². The lowest BCUT2D eigenvalue weighted by Gasteiger charge is -2.23. The van der Waals surface area contributed by atoms with Crippen molar-refractivity contribution >= 4 is 5.82 Å². The third-order valence-electron chi connectivity index (χ3n) is 2.44. The maximum Gasteiger partial charge on any atom is 0.214 e. The van der Waals surface area contributed by atoms with E-state index in [2.05, 4.69) is 4.98 Å². The molecule has 18 heavy (non-hydrogen) atoms. The van der Waals surface area contributed by atoms with Gasteiger partial charge in [0, 0.05) is 26.3 Å². The molecule has 0 fully saturated rings. The highest BCUT2D eigenvalue weighted by atomic mass is 19.1. The van der Waals surface area contributed by atoms with Crippen LogP contribution in [0.3, 0.4) is 0 Å². The molecule has 0 atom stereocenters. The van der Waals surface area contributed by atoms with Crippen molar-refractivity contribution < 1.29 is 13.9 Å². The van der Waals surface area contributed by atoms with Crippen molar-refractivity contribution in [2.75, 3.05) is 44.4 Å². The molecule has 0 bridgehead atoms. The fourth-order valence-electron chi connectivity index (χ4n) is 1.55. The summed E-state index contributed by atoms with van der Waals surface area (Å²) in [6.45, 7) is 7.80. The molecule has 1 aromatic heterocycles. The molecule has 0 aliphatic heterocycles. The van der Waals surface area contributed by atoms with Gasteiger partial charge in [-0.25, -0.2) is 4.98 Å². The van der Waals surface area contributed by atoms with Crippen LogP contribution in [0.5, 0.6) is 0 Å². The van der Waals surface area contributed by atoms with Crippen LogP contribution < -0.4 is 4.90 Å². The van der Waals surface area contributed by atoms with Crippen LogP contribution in [0.4, 0.5) is 10.2 Å². The number of rotatable bonds is 9. The van der Waals surface area contributed by atoms with Gasteiger partial charge < -0.3 is 14.4 Å².